The number of rotatable bonds is 5. The standard InChI is InChI=1S/C12H19NO3/c14-10(11-4-3-7-16-11)8-13-9-12(15)5-1-2-6-12/h3-4,7,10,13-15H,1-2,5-6,8-9H2. The molecule has 4 nitrogen and oxygen atoms in total. The van der Waals surface area contributed by atoms with E-state index in [0.717, 1.165) is 25.7 Å². The normalized spacial score (nSPS) is 21.1. The molecule has 2 rings (SSSR count). The lowest BCUT2D eigenvalue weighted by atomic mass is 10.0. The monoisotopic (exact) mass is 225 g/mol. The van der Waals surface area contributed by atoms with E-state index in [-0.39, 0.29) is 0 Å². The fourth-order valence-electron chi connectivity index (χ4n) is 2.23. The molecule has 16 heavy (non-hydrogen) atoms. The SMILES string of the molecule is OC(CNCC1(O)CCCC1)c1ccco1. The average molecular weight is 225 g/mol. The summed E-state index contributed by atoms with van der Waals surface area (Å²) >= 11 is 0. The molecule has 1 heterocycles. The maximum absolute atomic E-state index is 10.1. The molecule has 0 aromatic carbocycles. The second kappa shape index (κ2) is 4.99. The molecule has 1 aromatic heterocycles. The Morgan fingerprint density at radius 3 is 2.81 bits per heavy atom. The second-order valence-electron chi connectivity index (χ2n) is 4.59. The summed E-state index contributed by atoms with van der Waals surface area (Å²) in [6, 6.07) is 3.50. The van der Waals surface area contributed by atoms with E-state index in [4.69, 9.17) is 4.42 Å². The molecule has 90 valence electrons. The van der Waals surface area contributed by atoms with Crippen LogP contribution in [0.2, 0.25) is 0 Å². The third-order valence-corrected chi connectivity index (χ3v) is 3.20. The van der Waals surface area contributed by atoms with Gasteiger partial charge < -0.3 is 19.9 Å². The summed E-state index contributed by atoms with van der Waals surface area (Å²) in [5, 5.41) is 22.9. The van der Waals surface area contributed by atoms with Gasteiger partial charge in [-0.2, -0.15) is 0 Å². The Balaban J connectivity index is 1.72. The lowest BCUT2D eigenvalue weighted by molar-refractivity contribution is 0.0427. The van der Waals surface area contributed by atoms with Crippen molar-refractivity contribution in [3.63, 3.8) is 0 Å². The second-order valence-corrected chi connectivity index (χ2v) is 4.59. The summed E-state index contributed by atoms with van der Waals surface area (Å²) < 4.78 is 5.09. The first-order valence-corrected chi connectivity index (χ1v) is 5.84. The molecule has 1 aliphatic rings. The van der Waals surface area contributed by atoms with Gasteiger partial charge in [0.25, 0.3) is 0 Å². The smallest absolute Gasteiger partial charge is 0.133 e. The van der Waals surface area contributed by atoms with Crippen molar-refractivity contribution >= 4 is 0 Å². The zero-order valence-electron chi connectivity index (χ0n) is 9.35. The predicted octanol–water partition coefficient (Wildman–Crippen LogP) is 1.21. The summed E-state index contributed by atoms with van der Waals surface area (Å²) in [6.45, 7) is 0.959. The van der Waals surface area contributed by atoms with Crippen molar-refractivity contribution in [2.45, 2.75) is 37.4 Å². The van der Waals surface area contributed by atoms with Crippen molar-refractivity contribution in [3.8, 4) is 0 Å². The highest BCUT2D eigenvalue weighted by molar-refractivity contribution is 5.02. The van der Waals surface area contributed by atoms with Crippen molar-refractivity contribution in [1.29, 1.82) is 0 Å². The van der Waals surface area contributed by atoms with Gasteiger partial charge in [-0.15, -0.1) is 0 Å². The molecule has 1 aromatic rings. The highest BCUT2D eigenvalue weighted by atomic mass is 16.4. The molecule has 0 bridgehead atoms. The van der Waals surface area contributed by atoms with Crippen molar-refractivity contribution in [1.82, 2.24) is 5.32 Å². The summed E-state index contributed by atoms with van der Waals surface area (Å²) in [7, 11) is 0. The molecule has 1 unspecified atom stereocenters. The van der Waals surface area contributed by atoms with Crippen LogP contribution in [0.15, 0.2) is 22.8 Å². The van der Waals surface area contributed by atoms with E-state index in [2.05, 4.69) is 5.32 Å². The zero-order valence-corrected chi connectivity index (χ0v) is 9.35. The fraction of sp³-hybridized carbons (Fsp3) is 0.667. The Hall–Kier alpha value is -0.840. The Bertz CT molecular complexity index is 304. The van der Waals surface area contributed by atoms with Gasteiger partial charge in [0.1, 0.15) is 11.9 Å². The van der Waals surface area contributed by atoms with Gasteiger partial charge in [-0.3, -0.25) is 0 Å². The van der Waals surface area contributed by atoms with Crippen LogP contribution in [0.1, 0.15) is 37.5 Å². The maximum atomic E-state index is 10.1. The van der Waals surface area contributed by atoms with E-state index in [0.29, 0.717) is 18.8 Å². The van der Waals surface area contributed by atoms with Crippen molar-refractivity contribution in [2.24, 2.45) is 0 Å². The lowest BCUT2D eigenvalue weighted by Crippen LogP contribution is -2.39. The predicted molar refractivity (Wildman–Crippen MR) is 60.0 cm³/mol. The largest absolute Gasteiger partial charge is 0.467 e. The molecular weight excluding hydrogens is 206 g/mol. The minimum absolute atomic E-state index is 0.413. The van der Waals surface area contributed by atoms with Crippen molar-refractivity contribution in [3.05, 3.63) is 24.2 Å². The van der Waals surface area contributed by atoms with Gasteiger partial charge in [-0.05, 0) is 25.0 Å². The van der Waals surface area contributed by atoms with Gasteiger partial charge in [-0.25, -0.2) is 0 Å². The van der Waals surface area contributed by atoms with Crippen LogP contribution in [0.3, 0.4) is 0 Å². The maximum Gasteiger partial charge on any atom is 0.133 e. The van der Waals surface area contributed by atoms with Gasteiger partial charge in [0, 0.05) is 13.1 Å². The molecule has 1 atom stereocenters. The van der Waals surface area contributed by atoms with E-state index in [1.54, 1.807) is 18.4 Å². The molecule has 4 heteroatoms. The van der Waals surface area contributed by atoms with E-state index in [1.165, 1.54) is 0 Å². The molecule has 0 radical (unpaired) electrons. The quantitative estimate of drug-likeness (QED) is 0.704. The third-order valence-electron chi connectivity index (χ3n) is 3.20. The van der Waals surface area contributed by atoms with E-state index in [1.807, 2.05) is 0 Å². The van der Waals surface area contributed by atoms with Gasteiger partial charge in [0.2, 0.25) is 0 Å². The molecule has 3 N–H and O–H groups in total. The third kappa shape index (κ3) is 2.84. The summed E-state index contributed by atoms with van der Waals surface area (Å²) in [4.78, 5) is 0. The zero-order chi connectivity index (χ0) is 11.4. The Morgan fingerprint density at radius 2 is 2.19 bits per heavy atom. The number of nitrogens with one attached hydrogen (secondary N) is 1. The van der Waals surface area contributed by atoms with E-state index < -0.39 is 11.7 Å². The van der Waals surface area contributed by atoms with Crippen LogP contribution in [-0.4, -0.2) is 28.9 Å². The van der Waals surface area contributed by atoms with Crippen LogP contribution in [0.25, 0.3) is 0 Å². The van der Waals surface area contributed by atoms with Crippen LogP contribution in [0.5, 0.6) is 0 Å². The number of aliphatic hydroxyl groups excluding tert-OH is 1. The number of hydrogen-bond donors (Lipinski definition) is 3. The van der Waals surface area contributed by atoms with Gasteiger partial charge >= 0.3 is 0 Å². The number of aliphatic hydroxyl groups is 2. The minimum atomic E-state index is -0.639. The Kier molecular flexibility index (Phi) is 3.63. The van der Waals surface area contributed by atoms with Gasteiger partial charge in [-0.1, -0.05) is 12.8 Å². The summed E-state index contributed by atoms with van der Waals surface area (Å²) in [6.07, 6.45) is 4.81. The summed E-state index contributed by atoms with van der Waals surface area (Å²) in [5.41, 5.74) is -0.567. The fourth-order valence-corrected chi connectivity index (χ4v) is 2.23. The molecular formula is C12H19NO3. The minimum Gasteiger partial charge on any atom is -0.467 e. The van der Waals surface area contributed by atoms with Crippen molar-refractivity contribution in [2.75, 3.05) is 13.1 Å². The number of furan rings is 1. The highest BCUT2D eigenvalue weighted by Gasteiger charge is 2.30. The highest BCUT2D eigenvalue weighted by Crippen LogP contribution is 2.28. The Morgan fingerprint density at radius 1 is 1.44 bits per heavy atom. The van der Waals surface area contributed by atoms with Crippen molar-refractivity contribution < 1.29 is 14.6 Å². The first-order chi connectivity index (χ1) is 7.70. The van der Waals surface area contributed by atoms with Gasteiger partial charge in [0.05, 0.1) is 11.9 Å². The van der Waals surface area contributed by atoms with Gasteiger partial charge in [0.15, 0.2) is 0 Å². The molecule has 1 saturated carbocycles. The molecule has 0 spiro atoms. The first kappa shape index (κ1) is 11.6. The Labute approximate surface area is 95.3 Å². The van der Waals surface area contributed by atoms with Crippen LogP contribution in [0, 0.1) is 0 Å². The van der Waals surface area contributed by atoms with Crippen LogP contribution in [0.4, 0.5) is 0 Å². The van der Waals surface area contributed by atoms with Crippen LogP contribution >= 0.6 is 0 Å². The molecule has 1 fully saturated rings. The van der Waals surface area contributed by atoms with E-state index >= 15 is 0 Å². The molecule has 0 aliphatic heterocycles. The summed E-state index contributed by atoms with van der Waals surface area (Å²) in [5.74, 6) is 0.561. The number of hydrogen-bond acceptors (Lipinski definition) is 4. The van der Waals surface area contributed by atoms with Crippen LogP contribution < -0.4 is 5.32 Å². The topological polar surface area (TPSA) is 65.6 Å². The molecule has 1 aliphatic carbocycles. The van der Waals surface area contributed by atoms with E-state index in [9.17, 15) is 10.2 Å². The lowest BCUT2D eigenvalue weighted by Gasteiger charge is -2.23. The molecule has 0 saturated heterocycles. The average Bonchev–Trinajstić information content (AvgIpc) is 2.88. The molecule has 0 amide bonds. The van der Waals surface area contributed by atoms with Crippen LogP contribution in [-0.2, 0) is 0 Å². The first-order valence-electron chi connectivity index (χ1n) is 5.84.